The third-order valence-electron chi connectivity index (χ3n) is 4.56. The molecule has 0 aromatic heterocycles. The number of nitrogens with zero attached hydrogens (tertiary/aromatic N) is 1. The van der Waals surface area contributed by atoms with Gasteiger partial charge in [-0.25, -0.2) is 0 Å². The van der Waals surface area contributed by atoms with Gasteiger partial charge < -0.3 is 0 Å². The zero-order valence-corrected chi connectivity index (χ0v) is 9.26. The van der Waals surface area contributed by atoms with Crippen LogP contribution >= 0.6 is 0 Å². The van der Waals surface area contributed by atoms with Crippen LogP contribution in [0, 0.1) is 28.6 Å². The Morgan fingerprint density at radius 3 is 2.86 bits per heavy atom. The van der Waals surface area contributed by atoms with Crippen molar-refractivity contribution in [2.45, 2.75) is 58.3 Å². The van der Waals surface area contributed by atoms with E-state index in [2.05, 4.69) is 13.0 Å². The minimum Gasteiger partial charge on any atom is -0.198 e. The van der Waals surface area contributed by atoms with Gasteiger partial charge in [-0.15, -0.1) is 0 Å². The first-order chi connectivity index (χ1) is 6.83. The molecular formula is C13H21N. The molecule has 0 N–H and O–H groups in total. The van der Waals surface area contributed by atoms with E-state index in [1.807, 2.05) is 0 Å². The Kier molecular flexibility index (Phi) is 2.81. The second kappa shape index (κ2) is 3.93. The second-order valence-electron chi connectivity index (χ2n) is 5.16. The molecule has 0 bridgehead atoms. The lowest BCUT2D eigenvalue weighted by atomic mass is 9.64. The van der Waals surface area contributed by atoms with Gasteiger partial charge in [0.2, 0.25) is 0 Å². The Morgan fingerprint density at radius 2 is 2.14 bits per heavy atom. The van der Waals surface area contributed by atoms with E-state index in [1.165, 1.54) is 51.4 Å². The van der Waals surface area contributed by atoms with E-state index in [4.69, 9.17) is 0 Å². The molecule has 2 aliphatic carbocycles. The van der Waals surface area contributed by atoms with Gasteiger partial charge in [0.25, 0.3) is 0 Å². The predicted octanol–water partition coefficient (Wildman–Crippen LogP) is 3.90. The molecule has 0 aromatic rings. The Morgan fingerprint density at radius 1 is 1.29 bits per heavy atom. The topological polar surface area (TPSA) is 23.8 Å². The maximum Gasteiger partial charge on any atom is 0.0695 e. The van der Waals surface area contributed by atoms with E-state index in [0.717, 1.165) is 11.8 Å². The maximum absolute atomic E-state index is 9.50. The molecule has 2 rings (SSSR count). The summed E-state index contributed by atoms with van der Waals surface area (Å²) in [6.07, 6.45) is 10.4. The van der Waals surface area contributed by atoms with Gasteiger partial charge in [0, 0.05) is 0 Å². The molecule has 0 aliphatic heterocycles. The molecule has 1 nitrogen and oxygen atoms in total. The van der Waals surface area contributed by atoms with Gasteiger partial charge in [-0.2, -0.15) is 5.26 Å². The Balaban J connectivity index is 2.18. The molecule has 0 saturated heterocycles. The minimum atomic E-state index is 0.105. The minimum absolute atomic E-state index is 0.105. The largest absolute Gasteiger partial charge is 0.198 e. The molecule has 0 spiro atoms. The molecule has 1 heteroatoms. The van der Waals surface area contributed by atoms with Crippen LogP contribution in [0.1, 0.15) is 58.3 Å². The first-order valence-corrected chi connectivity index (χ1v) is 6.24. The maximum atomic E-state index is 9.50. The second-order valence-corrected chi connectivity index (χ2v) is 5.16. The van der Waals surface area contributed by atoms with E-state index in [1.54, 1.807) is 0 Å². The van der Waals surface area contributed by atoms with Gasteiger partial charge in [-0.1, -0.05) is 26.2 Å². The highest BCUT2D eigenvalue weighted by Crippen LogP contribution is 2.56. The van der Waals surface area contributed by atoms with Crippen molar-refractivity contribution in [3.8, 4) is 6.07 Å². The molecule has 3 atom stereocenters. The average Bonchev–Trinajstić information content (AvgIpc) is 2.59. The van der Waals surface area contributed by atoms with Crippen molar-refractivity contribution < 1.29 is 0 Å². The van der Waals surface area contributed by atoms with Crippen molar-refractivity contribution in [1.29, 1.82) is 5.26 Å². The van der Waals surface area contributed by atoms with Crippen LogP contribution in [0.15, 0.2) is 0 Å². The van der Waals surface area contributed by atoms with Crippen LogP contribution < -0.4 is 0 Å². The van der Waals surface area contributed by atoms with Crippen LogP contribution in [0.2, 0.25) is 0 Å². The molecule has 0 radical (unpaired) electrons. The predicted molar refractivity (Wildman–Crippen MR) is 57.6 cm³/mol. The van der Waals surface area contributed by atoms with Crippen LogP contribution in [0.3, 0.4) is 0 Å². The summed E-state index contributed by atoms with van der Waals surface area (Å²) >= 11 is 0. The van der Waals surface area contributed by atoms with Gasteiger partial charge in [-0.3, -0.25) is 0 Å². The Bertz CT molecular complexity index is 240. The quantitative estimate of drug-likeness (QED) is 0.649. The van der Waals surface area contributed by atoms with Crippen LogP contribution in [-0.2, 0) is 0 Å². The summed E-state index contributed by atoms with van der Waals surface area (Å²) in [6.45, 7) is 2.25. The molecule has 2 aliphatic rings. The van der Waals surface area contributed by atoms with E-state index >= 15 is 0 Å². The fraction of sp³-hybridized carbons (Fsp3) is 0.923. The van der Waals surface area contributed by atoms with Gasteiger partial charge in [0.15, 0.2) is 0 Å². The van der Waals surface area contributed by atoms with Gasteiger partial charge in [-0.05, 0) is 43.9 Å². The van der Waals surface area contributed by atoms with Crippen LogP contribution in [-0.4, -0.2) is 0 Å². The molecule has 78 valence electrons. The number of nitriles is 1. The smallest absolute Gasteiger partial charge is 0.0695 e. The summed E-state index contributed by atoms with van der Waals surface area (Å²) in [5, 5.41) is 9.50. The highest BCUT2D eigenvalue weighted by molar-refractivity contribution is 5.11. The molecule has 3 unspecified atom stereocenters. The zero-order valence-electron chi connectivity index (χ0n) is 9.26. The van der Waals surface area contributed by atoms with Crippen molar-refractivity contribution >= 4 is 0 Å². The third kappa shape index (κ3) is 1.36. The normalized spacial score (nSPS) is 41.7. The van der Waals surface area contributed by atoms with E-state index in [0.29, 0.717) is 0 Å². The highest BCUT2D eigenvalue weighted by atomic mass is 14.5. The van der Waals surface area contributed by atoms with Crippen LogP contribution in [0.5, 0.6) is 0 Å². The van der Waals surface area contributed by atoms with Gasteiger partial charge in [0.1, 0.15) is 0 Å². The van der Waals surface area contributed by atoms with Crippen molar-refractivity contribution in [2.24, 2.45) is 17.3 Å². The molecule has 2 saturated carbocycles. The number of hydrogen-bond donors (Lipinski definition) is 0. The molecule has 0 aromatic carbocycles. The first kappa shape index (κ1) is 10.0. The average molecular weight is 191 g/mol. The molecule has 2 fully saturated rings. The Labute approximate surface area is 87.5 Å². The number of hydrogen-bond acceptors (Lipinski definition) is 1. The lowest BCUT2D eigenvalue weighted by Gasteiger charge is -2.37. The molecule has 14 heavy (non-hydrogen) atoms. The zero-order chi connectivity index (χ0) is 10.0. The van der Waals surface area contributed by atoms with E-state index in [-0.39, 0.29) is 5.41 Å². The standard InChI is InChI=1S/C13H21N/c1-2-5-11-7-8-12-6-3-4-9-13(11,12)10-14/h11-12H,2-9H2,1H3. The van der Waals surface area contributed by atoms with Crippen molar-refractivity contribution in [3.05, 3.63) is 0 Å². The van der Waals surface area contributed by atoms with Crippen molar-refractivity contribution in [3.63, 3.8) is 0 Å². The fourth-order valence-corrected chi connectivity index (χ4v) is 3.86. The summed E-state index contributed by atoms with van der Waals surface area (Å²) in [7, 11) is 0. The number of fused-ring (bicyclic) bond motifs is 1. The van der Waals surface area contributed by atoms with E-state index < -0.39 is 0 Å². The van der Waals surface area contributed by atoms with Crippen molar-refractivity contribution in [1.82, 2.24) is 0 Å². The lowest BCUT2D eigenvalue weighted by molar-refractivity contribution is 0.138. The summed E-state index contributed by atoms with van der Waals surface area (Å²) < 4.78 is 0. The summed E-state index contributed by atoms with van der Waals surface area (Å²) in [5.74, 6) is 1.47. The summed E-state index contributed by atoms with van der Waals surface area (Å²) in [5.41, 5.74) is 0.105. The van der Waals surface area contributed by atoms with E-state index in [9.17, 15) is 5.26 Å². The molecular weight excluding hydrogens is 170 g/mol. The summed E-state index contributed by atoms with van der Waals surface area (Å²) in [4.78, 5) is 0. The van der Waals surface area contributed by atoms with Crippen LogP contribution in [0.4, 0.5) is 0 Å². The Hall–Kier alpha value is -0.510. The first-order valence-electron chi connectivity index (χ1n) is 6.24. The van der Waals surface area contributed by atoms with Crippen LogP contribution in [0.25, 0.3) is 0 Å². The fourth-order valence-electron chi connectivity index (χ4n) is 3.86. The highest BCUT2D eigenvalue weighted by Gasteiger charge is 2.50. The van der Waals surface area contributed by atoms with Gasteiger partial charge >= 0.3 is 0 Å². The SMILES string of the molecule is CCCC1CCC2CCCCC12C#N. The molecule has 0 amide bonds. The lowest BCUT2D eigenvalue weighted by Crippen LogP contribution is -2.33. The molecule has 0 heterocycles. The monoisotopic (exact) mass is 191 g/mol. The summed E-state index contributed by atoms with van der Waals surface area (Å²) in [6, 6.07) is 2.71. The third-order valence-corrected chi connectivity index (χ3v) is 4.56. The van der Waals surface area contributed by atoms with Crippen molar-refractivity contribution in [2.75, 3.05) is 0 Å². The number of rotatable bonds is 2. The van der Waals surface area contributed by atoms with Gasteiger partial charge in [0.05, 0.1) is 11.5 Å².